The molecule has 1 aromatic carbocycles. The Morgan fingerprint density at radius 1 is 1.33 bits per heavy atom. The molecule has 0 fully saturated rings. The van der Waals surface area contributed by atoms with E-state index in [0.29, 0.717) is 25.6 Å². The van der Waals surface area contributed by atoms with Gasteiger partial charge in [0, 0.05) is 11.6 Å². The third-order valence-corrected chi connectivity index (χ3v) is 3.43. The first kappa shape index (κ1) is 13.7. The van der Waals surface area contributed by atoms with E-state index in [9.17, 15) is 4.79 Å². The van der Waals surface area contributed by atoms with E-state index >= 15 is 0 Å². The van der Waals surface area contributed by atoms with Crippen LogP contribution in [0.1, 0.15) is 24.5 Å². The fourth-order valence-electron chi connectivity index (χ4n) is 2.38. The quantitative estimate of drug-likeness (QED) is 0.863. The fourth-order valence-corrected chi connectivity index (χ4v) is 2.38. The Morgan fingerprint density at radius 3 is 2.90 bits per heavy atom. The van der Waals surface area contributed by atoms with E-state index in [-0.39, 0.29) is 5.56 Å². The first-order valence-corrected chi connectivity index (χ1v) is 7.22. The maximum absolute atomic E-state index is 12.1. The van der Waals surface area contributed by atoms with Crippen LogP contribution in [-0.4, -0.2) is 23.0 Å². The molecule has 0 radical (unpaired) electrons. The summed E-state index contributed by atoms with van der Waals surface area (Å²) in [7, 11) is 0. The van der Waals surface area contributed by atoms with E-state index in [1.54, 1.807) is 6.07 Å². The van der Waals surface area contributed by atoms with Crippen molar-refractivity contribution in [1.82, 2.24) is 9.78 Å². The van der Waals surface area contributed by atoms with Crippen LogP contribution in [0, 0.1) is 0 Å². The van der Waals surface area contributed by atoms with E-state index in [0.717, 1.165) is 29.7 Å². The second-order valence-corrected chi connectivity index (χ2v) is 5.00. The average Bonchev–Trinajstić information content (AvgIpc) is 2.50. The van der Waals surface area contributed by atoms with E-state index in [2.05, 4.69) is 5.10 Å². The minimum atomic E-state index is -0.0897. The highest BCUT2D eigenvalue weighted by Crippen LogP contribution is 2.19. The Balaban J connectivity index is 1.82. The predicted molar refractivity (Wildman–Crippen MR) is 79.0 cm³/mol. The topological polar surface area (TPSA) is 53.4 Å². The number of aryl methyl sites for hydroxylation is 1. The van der Waals surface area contributed by atoms with Crippen LogP contribution in [0.2, 0.25) is 0 Å². The summed E-state index contributed by atoms with van der Waals surface area (Å²) in [5.74, 6) is 1.42. The Labute approximate surface area is 123 Å². The number of nitrogens with zero attached hydrogens (tertiary/aromatic N) is 2. The first-order chi connectivity index (χ1) is 10.3. The van der Waals surface area contributed by atoms with Crippen molar-refractivity contribution in [3.63, 3.8) is 0 Å². The molecule has 110 valence electrons. The third kappa shape index (κ3) is 3.07. The van der Waals surface area contributed by atoms with E-state index < -0.39 is 0 Å². The number of benzene rings is 1. The zero-order valence-electron chi connectivity index (χ0n) is 12.0. The summed E-state index contributed by atoms with van der Waals surface area (Å²) in [5.41, 5.74) is 1.83. The summed E-state index contributed by atoms with van der Waals surface area (Å²) in [4.78, 5) is 12.1. The van der Waals surface area contributed by atoms with Crippen molar-refractivity contribution in [1.29, 1.82) is 0 Å². The minimum Gasteiger partial charge on any atom is -0.494 e. The SMILES string of the molecule is CCOc1ccc(Cn2nc3c(cc2=O)CCCO3)cc1. The highest BCUT2D eigenvalue weighted by molar-refractivity contribution is 5.28. The molecule has 1 aliphatic rings. The van der Waals surface area contributed by atoms with Crippen molar-refractivity contribution in [3.05, 3.63) is 51.8 Å². The second kappa shape index (κ2) is 5.99. The van der Waals surface area contributed by atoms with Gasteiger partial charge in [-0.15, -0.1) is 5.10 Å². The van der Waals surface area contributed by atoms with Crippen LogP contribution >= 0.6 is 0 Å². The maximum atomic E-state index is 12.1. The van der Waals surface area contributed by atoms with E-state index in [1.807, 2.05) is 31.2 Å². The largest absolute Gasteiger partial charge is 0.494 e. The number of ether oxygens (including phenoxy) is 2. The summed E-state index contributed by atoms with van der Waals surface area (Å²) in [6.07, 6.45) is 1.80. The molecule has 0 amide bonds. The van der Waals surface area contributed by atoms with Gasteiger partial charge in [0.05, 0.1) is 19.8 Å². The van der Waals surface area contributed by atoms with Gasteiger partial charge < -0.3 is 9.47 Å². The van der Waals surface area contributed by atoms with Crippen molar-refractivity contribution in [2.75, 3.05) is 13.2 Å². The van der Waals surface area contributed by atoms with Crippen LogP contribution in [0.3, 0.4) is 0 Å². The average molecular weight is 286 g/mol. The number of fused-ring (bicyclic) bond motifs is 1. The second-order valence-electron chi connectivity index (χ2n) is 5.00. The lowest BCUT2D eigenvalue weighted by Crippen LogP contribution is -2.26. The molecule has 0 saturated heterocycles. The Bertz CT molecular complexity index is 677. The van der Waals surface area contributed by atoms with Crippen molar-refractivity contribution in [2.24, 2.45) is 0 Å². The molecule has 0 spiro atoms. The van der Waals surface area contributed by atoms with Gasteiger partial charge in [0.25, 0.3) is 5.56 Å². The molecular weight excluding hydrogens is 268 g/mol. The number of hydrogen-bond acceptors (Lipinski definition) is 4. The lowest BCUT2D eigenvalue weighted by atomic mass is 10.1. The van der Waals surface area contributed by atoms with Gasteiger partial charge in [0.1, 0.15) is 5.75 Å². The van der Waals surface area contributed by atoms with Gasteiger partial charge >= 0.3 is 0 Å². The maximum Gasteiger partial charge on any atom is 0.267 e. The molecule has 0 atom stereocenters. The lowest BCUT2D eigenvalue weighted by molar-refractivity contribution is 0.266. The molecule has 2 aromatic rings. The molecule has 1 aromatic heterocycles. The molecular formula is C16H18N2O3. The van der Waals surface area contributed by atoms with Crippen LogP contribution in [-0.2, 0) is 13.0 Å². The molecule has 0 unspecified atom stereocenters. The van der Waals surface area contributed by atoms with Gasteiger partial charge in [-0.25, -0.2) is 4.68 Å². The monoisotopic (exact) mass is 286 g/mol. The molecule has 0 N–H and O–H groups in total. The van der Waals surface area contributed by atoms with Crippen LogP contribution in [0.5, 0.6) is 11.6 Å². The van der Waals surface area contributed by atoms with Gasteiger partial charge in [0.2, 0.25) is 5.88 Å². The van der Waals surface area contributed by atoms with Crippen molar-refractivity contribution in [2.45, 2.75) is 26.3 Å². The standard InChI is InChI=1S/C16H18N2O3/c1-2-20-14-7-5-12(6-8-14)11-18-15(19)10-13-4-3-9-21-16(13)17-18/h5-8,10H,2-4,9,11H2,1H3. The van der Waals surface area contributed by atoms with Gasteiger partial charge in [0.15, 0.2) is 0 Å². The summed E-state index contributed by atoms with van der Waals surface area (Å²) >= 11 is 0. The van der Waals surface area contributed by atoms with Crippen LogP contribution in [0.4, 0.5) is 0 Å². The molecule has 3 rings (SSSR count). The summed E-state index contributed by atoms with van der Waals surface area (Å²) in [6.45, 7) is 3.69. The van der Waals surface area contributed by atoms with Crippen molar-refractivity contribution < 1.29 is 9.47 Å². The van der Waals surface area contributed by atoms with E-state index in [4.69, 9.17) is 9.47 Å². The zero-order chi connectivity index (χ0) is 14.7. The Hall–Kier alpha value is -2.30. The van der Waals surface area contributed by atoms with Gasteiger partial charge in [-0.2, -0.15) is 0 Å². The summed E-state index contributed by atoms with van der Waals surface area (Å²) < 4.78 is 12.4. The smallest absolute Gasteiger partial charge is 0.267 e. The number of rotatable bonds is 4. The first-order valence-electron chi connectivity index (χ1n) is 7.22. The third-order valence-electron chi connectivity index (χ3n) is 3.43. The molecule has 0 aliphatic carbocycles. The van der Waals surface area contributed by atoms with Crippen LogP contribution in [0.15, 0.2) is 35.1 Å². The molecule has 1 aliphatic heterocycles. The molecule has 0 saturated carbocycles. The Kier molecular flexibility index (Phi) is 3.90. The highest BCUT2D eigenvalue weighted by Gasteiger charge is 2.14. The predicted octanol–water partition coefficient (Wildman–Crippen LogP) is 2.02. The number of hydrogen-bond donors (Lipinski definition) is 0. The molecule has 5 heteroatoms. The number of aromatic nitrogens is 2. The van der Waals surface area contributed by atoms with Gasteiger partial charge in [-0.1, -0.05) is 12.1 Å². The Morgan fingerprint density at radius 2 is 2.14 bits per heavy atom. The fraction of sp³-hybridized carbons (Fsp3) is 0.375. The summed E-state index contributed by atoms with van der Waals surface area (Å²) in [5, 5.41) is 4.32. The zero-order valence-corrected chi connectivity index (χ0v) is 12.0. The normalized spacial score (nSPS) is 13.4. The van der Waals surface area contributed by atoms with E-state index in [1.165, 1.54) is 4.68 Å². The van der Waals surface area contributed by atoms with Crippen LogP contribution < -0.4 is 15.0 Å². The lowest BCUT2D eigenvalue weighted by Gasteiger charge is -2.16. The van der Waals surface area contributed by atoms with Crippen LogP contribution in [0.25, 0.3) is 0 Å². The van der Waals surface area contributed by atoms with Crippen molar-refractivity contribution in [3.8, 4) is 11.6 Å². The highest BCUT2D eigenvalue weighted by atomic mass is 16.5. The van der Waals surface area contributed by atoms with Gasteiger partial charge in [-0.3, -0.25) is 4.79 Å². The minimum absolute atomic E-state index is 0.0897. The molecule has 2 heterocycles. The van der Waals surface area contributed by atoms with Gasteiger partial charge in [-0.05, 0) is 37.5 Å². The summed E-state index contributed by atoms with van der Waals surface area (Å²) in [6, 6.07) is 9.33. The molecule has 5 nitrogen and oxygen atoms in total. The molecule has 0 bridgehead atoms. The molecule has 21 heavy (non-hydrogen) atoms. The van der Waals surface area contributed by atoms with Crippen molar-refractivity contribution >= 4 is 0 Å².